The Balaban J connectivity index is 1.65. The van der Waals surface area contributed by atoms with Crippen LogP contribution in [0.4, 0.5) is 0 Å². The van der Waals surface area contributed by atoms with Crippen LogP contribution in [-0.4, -0.2) is 17.3 Å². The summed E-state index contributed by atoms with van der Waals surface area (Å²) < 4.78 is 0. The molecule has 1 aromatic rings. The quantitative estimate of drug-likeness (QED) is 0.787. The van der Waals surface area contributed by atoms with Crippen molar-refractivity contribution in [3.8, 4) is 0 Å². The van der Waals surface area contributed by atoms with E-state index in [1.165, 1.54) is 11.3 Å². The van der Waals surface area contributed by atoms with Crippen molar-refractivity contribution in [2.24, 2.45) is 23.2 Å². The van der Waals surface area contributed by atoms with Gasteiger partial charge in [-0.2, -0.15) is 0 Å². The lowest BCUT2D eigenvalue weighted by atomic mass is 9.49. The number of carbonyl (C=O) groups is 2. The number of hydrogen-bond donors (Lipinski definition) is 0. The molecule has 2 nitrogen and oxygen atoms in total. The van der Waals surface area contributed by atoms with Crippen molar-refractivity contribution >= 4 is 23.8 Å². The van der Waals surface area contributed by atoms with E-state index in [1.54, 1.807) is 11.8 Å². The van der Waals surface area contributed by atoms with Crippen LogP contribution in [0, 0.1) is 23.2 Å². The molecule has 4 saturated carbocycles. The maximum Gasteiger partial charge on any atom is 0.149 e. The molecule has 2 bridgehead atoms. The van der Waals surface area contributed by atoms with Crippen LogP contribution >= 0.6 is 11.8 Å². The molecule has 116 valence electrons. The molecule has 5 atom stereocenters. The third-order valence-electron chi connectivity index (χ3n) is 6.28. The normalized spacial score (nSPS) is 40.3. The van der Waals surface area contributed by atoms with Gasteiger partial charge in [-0.05, 0) is 62.0 Å². The van der Waals surface area contributed by atoms with Crippen LogP contribution < -0.4 is 0 Å². The van der Waals surface area contributed by atoms with E-state index >= 15 is 0 Å². The van der Waals surface area contributed by atoms with Gasteiger partial charge in [-0.15, -0.1) is 11.8 Å². The lowest BCUT2D eigenvalue weighted by molar-refractivity contribution is -0.141. The van der Waals surface area contributed by atoms with Crippen LogP contribution in [0.1, 0.15) is 38.5 Å². The molecule has 0 radical (unpaired) electrons. The Labute approximate surface area is 136 Å². The second kappa shape index (κ2) is 5.52. The Bertz CT molecular complexity index is 582. The molecule has 0 amide bonds. The van der Waals surface area contributed by atoms with Gasteiger partial charge in [0.05, 0.1) is 5.25 Å². The lowest BCUT2D eigenvalue weighted by Gasteiger charge is -2.58. The molecule has 22 heavy (non-hydrogen) atoms. The first-order valence-electron chi connectivity index (χ1n) is 8.43. The summed E-state index contributed by atoms with van der Waals surface area (Å²) in [4.78, 5) is 25.3. The van der Waals surface area contributed by atoms with Crippen LogP contribution in [0.3, 0.4) is 0 Å². The molecule has 0 saturated heterocycles. The fourth-order valence-electron chi connectivity index (χ4n) is 5.11. The van der Waals surface area contributed by atoms with Crippen LogP contribution in [0.15, 0.2) is 35.2 Å². The van der Waals surface area contributed by atoms with E-state index in [2.05, 4.69) is 12.1 Å². The highest BCUT2D eigenvalue weighted by Gasteiger charge is 2.59. The van der Waals surface area contributed by atoms with E-state index in [-0.39, 0.29) is 22.5 Å². The summed E-state index contributed by atoms with van der Waals surface area (Å²) in [5.74, 6) is 1.54. The molecular weight excluding hydrogens is 292 g/mol. The summed E-state index contributed by atoms with van der Waals surface area (Å²) >= 11 is 1.78. The van der Waals surface area contributed by atoms with E-state index in [1.807, 2.05) is 18.2 Å². The fraction of sp³-hybridized carbons (Fsp3) is 0.579. The average Bonchev–Trinajstić information content (AvgIpc) is 2.58. The van der Waals surface area contributed by atoms with Crippen LogP contribution in [0.25, 0.3) is 0 Å². The number of benzene rings is 1. The molecule has 4 fully saturated rings. The van der Waals surface area contributed by atoms with Crippen LogP contribution in [0.2, 0.25) is 0 Å². The first-order chi connectivity index (χ1) is 10.7. The summed E-state index contributed by atoms with van der Waals surface area (Å²) in [6, 6.07) is 10.3. The summed E-state index contributed by atoms with van der Waals surface area (Å²) in [5, 5.41) is 0.111. The van der Waals surface area contributed by atoms with Crippen molar-refractivity contribution in [2.75, 3.05) is 0 Å². The number of fused-ring (bicyclic) bond motifs is 2. The maximum atomic E-state index is 12.9. The Hall–Kier alpha value is -1.09. The summed E-state index contributed by atoms with van der Waals surface area (Å²) in [5.41, 5.74) is 0.159. The fourth-order valence-corrected chi connectivity index (χ4v) is 6.66. The Morgan fingerprint density at radius 2 is 1.86 bits per heavy atom. The van der Waals surface area contributed by atoms with Gasteiger partial charge < -0.3 is 4.79 Å². The van der Waals surface area contributed by atoms with Crippen molar-refractivity contribution in [3.63, 3.8) is 0 Å². The van der Waals surface area contributed by atoms with Gasteiger partial charge in [0.25, 0.3) is 0 Å². The zero-order valence-corrected chi connectivity index (χ0v) is 13.6. The average molecular weight is 314 g/mol. The van der Waals surface area contributed by atoms with E-state index < -0.39 is 0 Å². The zero-order chi connectivity index (χ0) is 15.2. The lowest BCUT2D eigenvalue weighted by Crippen LogP contribution is -2.58. The second-order valence-corrected chi connectivity index (χ2v) is 8.46. The number of hydrogen-bond acceptors (Lipinski definition) is 3. The monoisotopic (exact) mass is 314 g/mol. The number of carbonyl (C=O) groups excluding carboxylic acids is 2. The highest BCUT2D eigenvalue weighted by molar-refractivity contribution is 8.00. The first kappa shape index (κ1) is 14.5. The third-order valence-corrected chi connectivity index (χ3v) is 7.76. The van der Waals surface area contributed by atoms with Crippen LogP contribution in [0.5, 0.6) is 0 Å². The number of Topliss-reactive ketones (excluding diaryl/α,β-unsaturated/α-hetero) is 1. The molecule has 3 heteroatoms. The summed E-state index contributed by atoms with van der Waals surface area (Å²) in [6.07, 6.45) is 7.50. The molecular formula is C19H22O2S. The molecule has 0 aromatic heterocycles. The smallest absolute Gasteiger partial charge is 0.149 e. The van der Waals surface area contributed by atoms with Crippen molar-refractivity contribution < 1.29 is 9.59 Å². The van der Waals surface area contributed by atoms with Gasteiger partial charge in [-0.1, -0.05) is 18.2 Å². The standard InChI is InChI=1S/C19H22O2S/c20-12-13-6-8-19-9-7-14(11-15(19)10-13)17(21)18(19)22-16-4-2-1-3-5-16/h1-5,12-15,18H,6-11H2. The molecule has 4 aliphatic carbocycles. The number of aldehydes is 1. The second-order valence-electron chi connectivity index (χ2n) is 7.29. The van der Waals surface area contributed by atoms with Crippen LogP contribution in [-0.2, 0) is 9.59 Å². The molecule has 0 aliphatic heterocycles. The first-order valence-corrected chi connectivity index (χ1v) is 9.31. The number of ketones is 1. The van der Waals surface area contributed by atoms with Gasteiger partial charge in [0.1, 0.15) is 12.1 Å². The zero-order valence-electron chi connectivity index (χ0n) is 12.7. The molecule has 4 aliphatic rings. The molecule has 5 unspecified atom stereocenters. The molecule has 1 aromatic carbocycles. The SMILES string of the molecule is O=CC1CCC23CCC(CC2C1)C(=O)C3Sc1ccccc1. The number of thioether (sulfide) groups is 1. The van der Waals surface area contributed by atoms with Gasteiger partial charge in [-0.3, -0.25) is 4.79 Å². The largest absolute Gasteiger partial charge is 0.303 e. The molecule has 0 N–H and O–H groups in total. The third kappa shape index (κ3) is 2.17. The van der Waals surface area contributed by atoms with E-state index in [0.29, 0.717) is 11.7 Å². The van der Waals surface area contributed by atoms with E-state index in [4.69, 9.17) is 0 Å². The molecule has 0 heterocycles. The van der Waals surface area contributed by atoms with Crippen molar-refractivity contribution in [1.29, 1.82) is 0 Å². The van der Waals surface area contributed by atoms with Gasteiger partial charge >= 0.3 is 0 Å². The molecule has 1 spiro atoms. The molecule has 5 rings (SSSR count). The minimum Gasteiger partial charge on any atom is -0.303 e. The number of rotatable bonds is 3. The highest BCUT2D eigenvalue weighted by Crippen LogP contribution is 2.62. The Morgan fingerprint density at radius 3 is 2.64 bits per heavy atom. The maximum absolute atomic E-state index is 12.9. The van der Waals surface area contributed by atoms with E-state index in [9.17, 15) is 9.59 Å². The Kier molecular flexibility index (Phi) is 3.64. The summed E-state index contributed by atoms with van der Waals surface area (Å²) in [6.45, 7) is 0. The van der Waals surface area contributed by atoms with Gasteiger partial charge in [0.15, 0.2) is 0 Å². The van der Waals surface area contributed by atoms with Crippen molar-refractivity contribution in [3.05, 3.63) is 30.3 Å². The van der Waals surface area contributed by atoms with Gasteiger partial charge in [0.2, 0.25) is 0 Å². The predicted molar refractivity (Wildman–Crippen MR) is 87.8 cm³/mol. The highest BCUT2D eigenvalue weighted by atomic mass is 32.2. The minimum absolute atomic E-state index is 0.111. The topological polar surface area (TPSA) is 34.1 Å². The summed E-state index contributed by atoms with van der Waals surface area (Å²) in [7, 11) is 0. The van der Waals surface area contributed by atoms with Gasteiger partial charge in [0, 0.05) is 16.7 Å². The minimum atomic E-state index is 0.111. The van der Waals surface area contributed by atoms with Crippen molar-refractivity contribution in [2.45, 2.75) is 48.7 Å². The van der Waals surface area contributed by atoms with Gasteiger partial charge in [-0.25, -0.2) is 0 Å². The Morgan fingerprint density at radius 1 is 1.09 bits per heavy atom. The predicted octanol–water partition coefficient (Wildman–Crippen LogP) is 4.13. The van der Waals surface area contributed by atoms with E-state index in [0.717, 1.165) is 38.4 Å². The van der Waals surface area contributed by atoms with Crippen molar-refractivity contribution in [1.82, 2.24) is 0 Å².